The summed E-state index contributed by atoms with van der Waals surface area (Å²) in [7, 11) is 0. The van der Waals surface area contributed by atoms with Gasteiger partial charge >= 0.3 is 0 Å². The first kappa shape index (κ1) is 20.4. The predicted molar refractivity (Wildman–Crippen MR) is 118 cm³/mol. The second-order valence-corrected chi connectivity index (χ2v) is 7.40. The number of hydrogen-bond donors (Lipinski definition) is 5. The van der Waals surface area contributed by atoms with Crippen LogP contribution >= 0.6 is 0 Å². The monoisotopic (exact) mass is 418 g/mol. The van der Waals surface area contributed by atoms with Crippen molar-refractivity contribution in [2.24, 2.45) is 0 Å². The van der Waals surface area contributed by atoms with Gasteiger partial charge in [0, 0.05) is 18.1 Å². The van der Waals surface area contributed by atoms with Gasteiger partial charge in [0.25, 0.3) is 0 Å². The molecule has 1 heterocycles. The lowest BCUT2D eigenvalue weighted by Crippen LogP contribution is -2.30. The Morgan fingerprint density at radius 3 is 2.19 bits per heavy atom. The Kier molecular flexibility index (Phi) is 5.31. The Morgan fingerprint density at radius 1 is 0.806 bits per heavy atom. The van der Waals surface area contributed by atoms with E-state index in [0.29, 0.717) is 16.7 Å². The fraction of sp³-hybridized carbons (Fsp3) is 0.120. The average molecular weight is 418 g/mol. The highest BCUT2D eigenvalue weighted by atomic mass is 16.5. The molecule has 6 nitrogen and oxygen atoms in total. The number of fused-ring (bicyclic) bond motifs is 1. The van der Waals surface area contributed by atoms with Gasteiger partial charge in [-0.05, 0) is 34.9 Å². The van der Waals surface area contributed by atoms with E-state index in [9.17, 15) is 25.5 Å². The zero-order chi connectivity index (χ0) is 22.1. The Hall–Kier alpha value is -3.90. The molecule has 0 saturated carbocycles. The number of benzene rings is 3. The number of phenolic OH excluding ortho intramolecular Hbond substituents is 4. The molecule has 2 unspecified atom stereocenters. The van der Waals surface area contributed by atoms with Gasteiger partial charge < -0.3 is 30.3 Å². The first-order valence-electron chi connectivity index (χ1n) is 9.72. The van der Waals surface area contributed by atoms with Gasteiger partial charge in [-0.15, -0.1) is 0 Å². The molecule has 0 aliphatic carbocycles. The highest BCUT2D eigenvalue weighted by molar-refractivity contribution is 5.78. The van der Waals surface area contributed by atoms with Crippen molar-refractivity contribution < 1.29 is 30.3 Å². The Morgan fingerprint density at radius 2 is 1.52 bits per heavy atom. The number of hydrogen-bond acceptors (Lipinski definition) is 6. The summed E-state index contributed by atoms with van der Waals surface area (Å²) in [5.41, 5.74) is 3.07. The Balaban J connectivity index is 1.73. The van der Waals surface area contributed by atoms with E-state index in [1.165, 1.54) is 24.3 Å². The van der Waals surface area contributed by atoms with Gasteiger partial charge in [-0.25, -0.2) is 0 Å². The van der Waals surface area contributed by atoms with Crippen molar-refractivity contribution >= 4 is 18.2 Å². The molecular formula is C25H22O6. The van der Waals surface area contributed by atoms with Crippen molar-refractivity contribution in [2.45, 2.75) is 18.6 Å². The summed E-state index contributed by atoms with van der Waals surface area (Å²) in [5.74, 6) is -0.707. The van der Waals surface area contributed by atoms with Crippen LogP contribution in [0.25, 0.3) is 18.2 Å². The predicted octanol–water partition coefficient (Wildman–Crippen LogP) is 4.36. The Labute approximate surface area is 179 Å². The van der Waals surface area contributed by atoms with Crippen molar-refractivity contribution in [3.63, 3.8) is 0 Å². The molecule has 4 rings (SSSR count). The van der Waals surface area contributed by atoms with Gasteiger partial charge in [-0.2, -0.15) is 0 Å². The van der Waals surface area contributed by atoms with Crippen molar-refractivity contribution in [3.05, 3.63) is 82.9 Å². The van der Waals surface area contributed by atoms with Gasteiger partial charge in [-0.1, -0.05) is 49.1 Å². The maximum atomic E-state index is 10.6. The third-order valence-electron chi connectivity index (χ3n) is 5.33. The second kappa shape index (κ2) is 8.08. The molecule has 0 saturated heterocycles. The third-order valence-corrected chi connectivity index (χ3v) is 5.33. The van der Waals surface area contributed by atoms with Gasteiger partial charge in [-0.3, -0.25) is 0 Å². The van der Waals surface area contributed by atoms with Crippen LogP contribution in [-0.2, 0) is 6.42 Å². The molecular weight excluding hydrogens is 396 g/mol. The maximum absolute atomic E-state index is 10.6. The fourth-order valence-electron chi connectivity index (χ4n) is 3.63. The van der Waals surface area contributed by atoms with Crippen LogP contribution in [0.5, 0.6) is 28.7 Å². The van der Waals surface area contributed by atoms with E-state index in [4.69, 9.17) is 4.74 Å². The first-order valence-corrected chi connectivity index (χ1v) is 9.72. The summed E-state index contributed by atoms with van der Waals surface area (Å²) in [5, 5.41) is 50.8. The van der Waals surface area contributed by atoms with Crippen LogP contribution < -0.4 is 4.74 Å². The lowest BCUT2D eigenvalue weighted by atomic mass is 9.91. The SMILES string of the molecule is C=Cc1ccc(/C=C/c2c(O)cc(O)c3c2OC(c2ccc(O)c(O)c2)C(O)C3)cc1. The molecule has 2 atom stereocenters. The van der Waals surface area contributed by atoms with E-state index in [1.54, 1.807) is 18.2 Å². The molecule has 0 aromatic heterocycles. The molecule has 1 aliphatic heterocycles. The minimum absolute atomic E-state index is 0.0859. The molecule has 5 N–H and O–H groups in total. The maximum Gasteiger partial charge on any atom is 0.157 e. The molecule has 31 heavy (non-hydrogen) atoms. The van der Waals surface area contributed by atoms with E-state index in [-0.39, 0.29) is 35.2 Å². The zero-order valence-electron chi connectivity index (χ0n) is 16.6. The Bertz CT molecular complexity index is 1160. The first-order chi connectivity index (χ1) is 14.9. The number of ether oxygens (including phenoxy) is 1. The summed E-state index contributed by atoms with van der Waals surface area (Å²) < 4.78 is 6.02. The largest absolute Gasteiger partial charge is 0.507 e. The standard InChI is InChI=1S/C25H22O6/c1-2-14-3-5-15(6-4-14)7-9-17-20(27)13-21(28)18-12-23(30)24(31-25(17)18)16-8-10-19(26)22(29)11-16/h2-11,13,23-24,26-30H,1,12H2/b9-7+. The van der Waals surface area contributed by atoms with Gasteiger partial charge in [0.1, 0.15) is 23.4 Å². The highest BCUT2D eigenvalue weighted by Crippen LogP contribution is 2.46. The van der Waals surface area contributed by atoms with Crippen LogP contribution in [0, 0.1) is 0 Å². The van der Waals surface area contributed by atoms with Gasteiger partial charge in [0.05, 0.1) is 11.7 Å². The van der Waals surface area contributed by atoms with Crippen molar-refractivity contribution in [3.8, 4) is 28.7 Å². The summed E-state index contributed by atoms with van der Waals surface area (Å²) in [6.45, 7) is 3.73. The minimum atomic E-state index is -1.00. The summed E-state index contributed by atoms with van der Waals surface area (Å²) in [6, 6.07) is 13.0. The van der Waals surface area contributed by atoms with Crippen LogP contribution in [0.1, 0.15) is 33.9 Å². The van der Waals surface area contributed by atoms with Gasteiger partial charge in [0.15, 0.2) is 11.5 Å². The minimum Gasteiger partial charge on any atom is -0.507 e. The van der Waals surface area contributed by atoms with Crippen molar-refractivity contribution in [1.29, 1.82) is 0 Å². The van der Waals surface area contributed by atoms with E-state index in [0.717, 1.165) is 11.1 Å². The van der Waals surface area contributed by atoms with E-state index in [1.807, 2.05) is 24.3 Å². The second-order valence-electron chi connectivity index (χ2n) is 7.40. The van der Waals surface area contributed by atoms with Crippen LogP contribution in [0.3, 0.4) is 0 Å². The number of aliphatic hydroxyl groups is 1. The quantitative estimate of drug-likeness (QED) is 0.318. The van der Waals surface area contributed by atoms with Gasteiger partial charge in [0.2, 0.25) is 0 Å². The topological polar surface area (TPSA) is 110 Å². The van der Waals surface area contributed by atoms with E-state index < -0.39 is 12.2 Å². The van der Waals surface area contributed by atoms with Crippen LogP contribution in [0.15, 0.2) is 55.1 Å². The van der Waals surface area contributed by atoms with E-state index >= 15 is 0 Å². The molecule has 3 aromatic carbocycles. The summed E-state index contributed by atoms with van der Waals surface area (Å²) >= 11 is 0. The molecule has 0 fully saturated rings. The molecule has 1 aliphatic rings. The molecule has 0 bridgehead atoms. The van der Waals surface area contributed by atoms with Crippen LogP contribution in [0.4, 0.5) is 0 Å². The third kappa shape index (κ3) is 3.93. The number of aromatic hydroxyl groups is 4. The average Bonchev–Trinajstić information content (AvgIpc) is 2.76. The molecule has 0 spiro atoms. The summed E-state index contributed by atoms with van der Waals surface area (Å²) in [6.07, 6.45) is 3.45. The number of phenols is 4. The molecule has 6 heteroatoms. The highest BCUT2D eigenvalue weighted by Gasteiger charge is 2.34. The molecule has 3 aromatic rings. The van der Waals surface area contributed by atoms with Crippen molar-refractivity contribution in [2.75, 3.05) is 0 Å². The smallest absolute Gasteiger partial charge is 0.157 e. The summed E-state index contributed by atoms with van der Waals surface area (Å²) in [4.78, 5) is 0. The number of rotatable bonds is 4. The van der Waals surface area contributed by atoms with Crippen LogP contribution in [-0.4, -0.2) is 31.6 Å². The molecule has 0 radical (unpaired) electrons. The number of aliphatic hydroxyl groups excluding tert-OH is 1. The molecule has 158 valence electrons. The lowest BCUT2D eigenvalue weighted by molar-refractivity contribution is 0.0195. The van der Waals surface area contributed by atoms with Crippen molar-refractivity contribution in [1.82, 2.24) is 0 Å². The molecule has 0 amide bonds. The zero-order valence-corrected chi connectivity index (χ0v) is 16.6. The van der Waals surface area contributed by atoms with Crippen LogP contribution in [0.2, 0.25) is 0 Å². The lowest BCUT2D eigenvalue weighted by Gasteiger charge is -2.32. The normalized spacial score (nSPS) is 17.8. The van der Waals surface area contributed by atoms with E-state index in [2.05, 4.69) is 6.58 Å². The fourth-order valence-corrected chi connectivity index (χ4v) is 3.63.